The first-order chi connectivity index (χ1) is 26.4. The van der Waals surface area contributed by atoms with Crippen molar-refractivity contribution in [1.82, 2.24) is 14.6 Å². The molecule has 0 aliphatic carbocycles. The van der Waals surface area contributed by atoms with E-state index in [4.69, 9.17) is 40.6 Å². The van der Waals surface area contributed by atoms with Crippen LogP contribution in [0.15, 0.2) is 36.7 Å². The lowest BCUT2D eigenvalue weighted by Crippen LogP contribution is -2.49. The summed E-state index contributed by atoms with van der Waals surface area (Å²) >= 11 is 6.17. The molecule has 0 bridgehead atoms. The maximum absolute atomic E-state index is 13.1. The maximum Gasteiger partial charge on any atom is 0.472 e. The third-order valence-corrected chi connectivity index (χ3v) is 11.2. The molecular formula is C39H59ClN5O9P. The number of unbranched alkanes of at least 4 members (excludes halogenated alkanes) is 13. The van der Waals surface area contributed by atoms with Crippen LogP contribution in [0, 0.1) is 11.3 Å². The summed E-state index contributed by atoms with van der Waals surface area (Å²) in [7, 11) is -4.72. The number of phosphoric acid groups is 1. The van der Waals surface area contributed by atoms with E-state index in [1.54, 1.807) is 30.3 Å². The minimum atomic E-state index is -4.72. The summed E-state index contributed by atoms with van der Waals surface area (Å²) in [6, 6.07) is 10.1. The molecule has 5 atom stereocenters. The van der Waals surface area contributed by atoms with Crippen LogP contribution >= 0.6 is 19.4 Å². The molecule has 4 rings (SSSR count). The minimum absolute atomic E-state index is 0.0454. The van der Waals surface area contributed by atoms with Crippen LogP contribution in [-0.4, -0.2) is 80.5 Å². The van der Waals surface area contributed by atoms with Gasteiger partial charge in [0.05, 0.1) is 50.4 Å². The number of hydrogen-bond acceptors (Lipinski definition) is 12. The third-order valence-electron chi connectivity index (χ3n) is 10.0. The van der Waals surface area contributed by atoms with E-state index < -0.39 is 37.8 Å². The molecule has 0 radical (unpaired) electrons. The molecule has 0 spiro atoms. The van der Waals surface area contributed by atoms with Crippen LogP contribution in [0.3, 0.4) is 0 Å². The van der Waals surface area contributed by atoms with Crippen LogP contribution in [0.5, 0.6) is 0 Å². The molecule has 2 unspecified atom stereocenters. The van der Waals surface area contributed by atoms with E-state index in [-0.39, 0.29) is 37.9 Å². The molecule has 1 aromatic carbocycles. The number of rotatable bonds is 27. The van der Waals surface area contributed by atoms with Crippen molar-refractivity contribution in [3.8, 4) is 6.07 Å². The van der Waals surface area contributed by atoms with E-state index in [0.717, 1.165) is 19.3 Å². The van der Waals surface area contributed by atoms with Gasteiger partial charge in [-0.1, -0.05) is 102 Å². The Morgan fingerprint density at radius 1 is 1.04 bits per heavy atom. The number of hydrogen-bond donors (Lipinski definition) is 4. The Morgan fingerprint density at radius 2 is 1.69 bits per heavy atom. The van der Waals surface area contributed by atoms with Crippen LogP contribution in [-0.2, 0) is 40.0 Å². The molecule has 1 aliphatic heterocycles. The Balaban J connectivity index is 1.22. The third kappa shape index (κ3) is 13.7. The number of benzene rings is 1. The number of nitrogens with zero attached hydrogens (tertiary/aromatic N) is 4. The van der Waals surface area contributed by atoms with E-state index in [0.29, 0.717) is 28.3 Å². The van der Waals surface area contributed by atoms with Gasteiger partial charge in [-0.25, -0.2) is 14.1 Å². The summed E-state index contributed by atoms with van der Waals surface area (Å²) in [5.41, 5.74) is 4.02. The topological polar surface area (TPSA) is 204 Å². The predicted molar refractivity (Wildman–Crippen MR) is 209 cm³/mol. The summed E-state index contributed by atoms with van der Waals surface area (Å²) in [6.45, 7) is 3.01. The van der Waals surface area contributed by atoms with Crippen molar-refractivity contribution in [1.29, 1.82) is 5.26 Å². The molecule has 3 aromatic rings. The van der Waals surface area contributed by atoms with Gasteiger partial charge in [0.2, 0.25) is 0 Å². The second kappa shape index (κ2) is 22.3. The van der Waals surface area contributed by atoms with Crippen molar-refractivity contribution in [3.05, 3.63) is 58.5 Å². The number of aliphatic hydroxyl groups excluding tert-OH is 1. The molecule has 14 nitrogen and oxygen atoms in total. The summed E-state index contributed by atoms with van der Waals surface area (Å²) in [5.74, 6) is 0.185. The molecule has 1 fully saturated rings. The standard InChI is InChI=1S/C39H59ClN5O9P/c1-3-4-5-6-7-8-9-10-11-12-13-14-15-16-19-50-25-33(51-24-31-20-30(23-41)21-32(40)22-31)26-53-55(48,49)54-27-38(2)37(46)39(47,28-52-38)35-18-17-34-36(42)43-29-44-45(34)35/h17-18,20-22,29,33,37,46-47H,3-16,19,24-28H2,1-2H3,(H,48,49)(H2,42,43,44)/t33-,37+,38+,39?/m0/s1. The van der Waals surface area contributed by atoms with Gasteiger partial charge in [-0.15, -0.1) is 0 Å². The van der Waals surface area contributed by atoms with Crippen LogP contribution < -0.4 is 5.73 Å². The predicted octanol–water partition coefficient (Wildman–Crippen LogP) is 7.39. The fraction of sp³-hybridized carbons (Fsp3) is 0.667. The minimum Gasteiger partial charge on any atom is -0.386 e. The van der Waals surface area contributed by atoms with E-state index in [1.165, 1.54) is 88.4 Å². The monoisotopic (exact) mass is 807 g/mol. The average molecular weight is 808 g/mol. The van der Waals surface area contributed by atoms with Gasteiger partial charge < -0.3 is 35.1 Å². The zero-order valence-corrected chi connectivity index (χ0v) is 33.9. The first kappa shape index (κ1) is 45.0. The highest BCUT2D eigenvalue weighted by Crippen LogP contribution is 2.47. The lowest BCUT2D eigenvalue weighted by molar-refractivity contribution is -0.101. The summed E-state index contributed by atoms with van der Waals surface area (Å²) in [4.78, 5) is 14.6. The molecule has 0 amide bonds. The van der Waals surface area contributed by atoms with Gasteiger partial charge >= 0.3 is 7.82 Å². The smallest absolute Gasteiger partial charge is 0.386 e. The number of nitriles is 1. The summed E-state index contributed by atoms with van der Waals surface area (Å²) in [6.07, 6.45) is 16.4. The first-order valence-electron chi connectivity index (χ1n) is 19.5. The highest BCUT2D eigenvalue weighted by atomic mass is 35.5. The van der Waals surface area contributed by atoms with Gasteiger partial charge in [-0.3, -0.25) is 9.05 Å². The van der Waals surface area contributed by atoms with Crippen LogP contribution in [0.25, 0.3) is 5.52 Å². The molecule has 55 heavy (non-hydrogen) atoms. The first-order valence-corrected chi connectivity index (χ1v) is 21.4. The Morgan fingerprint density at radius 3 is 2.35 bits per heavy atom. The molecule has 1 saturated heterocycles. The quantitative estimate of drug-likeness (QED) is 0.0439. The van der Waals surface area contributed by atoms with Crippen molar-refractivity contribution < 1.29 is 42.9 Å². The molecule has 16 heteroatoms. The van der Waals surface area contributed by atoms with E-state index >= 15 is 0 Å². The summed E-state index contributed by atoms with van der Waals surface area (Å²) in [5, 5.41) is 36.6. The van der Waals surface area contributed by atoms with E-state index in [9.17, 15) is 24.9 Å². The van der Waals surface area contributed by atoms with E-state index in [2.05, 4.69) is 23.1 Å². The largest absolute Gasteiger partial charge is 0.472 e. The van der Waals surface area contributed by atoms with Gasteiger partial charge in [-0.05, 0) is 49.2 Å². The number of fused-ring (bicyclic) bond motifs is 1. The van der Waals surface area contributed by atoms with Crippen molar-refractivity contribution in [2.45, 2.75) is 134 Å². The van der Waals surface area contributed by atoms with Gasteiger partial charge in [0, 0.05) is 11.6 Å². The second-order valence-corrected chi connectivity index (χ2v) is 16.6. The van der Waals surface area contributed by atoms with Gasteiger partial charge in [0.15, 0.2) is 11.4 Å². The number of halogens is 1. The van der Waals surface area contributed by atoms with Crippen LogP contribution in [0.2, 0.25) is 5.02 Å². The lowest BCUT2D eigenvalue weighted by Gasteiger charge is -2.32. The number of nitrogens with two attached hydrogens (primary N) is 1. The number of ether oxygens (including phenoxy) is 3. The number of phosphoric ester groups is 1. The highest BCUT2D eigenvalue weighted by Gasteiger charge is 2.58. The zero-order chi connectivity index (χ0) is 39.7. The number of aliphatic hydroxyl groups is 2. The van der Waals surface area contributed by atoms with Gasteiger partial charge in [0.25, 0.3) is 0 Å². The number of anilines is 1. The summed E-state index contributed by atoms with van der Waals surface area (Å²) < 4.78 is 42.7. The Kier molecular flexibility index (Phi) is 18.3. The number of nitrogen functional groups attached to an aromatic ring is 1. The van der Waals surface area contributed by atoms with Crippen molar-refractivity contribution in [2.75, 3.05) is 38.8 Å². The molecule has 0 saturated carbocycles. The molecular weight excluding hydrogens is 749 g/mol. The van der Waals surface area contributed by atoms with Gasteiger partial charge in [0.1, 0.15) is 29.7 Å². The van der Waals surface area contributed by atoms with Crippen molar-refractivity contribution in [2.24, 2.45) is 0 Å². The Labute approximate surface area is 329 Å². The van der Waals surface area contributed by atoms with E-state index in [1.807, 2.05) is 0 Å². The lowest BCUT2D eigenvalue weighted by atomic mass is 9.86. The van der Waals surface area contributed by atoms with Crippen LogP contribution in [0.4, 0.5) is 5.82 Å². The Bertz CT molecular complexity index is 1710. The molecule has 1 aliphatic rings. The number of aromatic nitrogens is 3. The SMILES string of the molecule is CCCCCCCCCCCCCCCCOC[C@@H](COP(=O)(O)OC[C@@]1(C)OCC(O)(c2ccc3c(N)ncnn23)[C@@H]1O)OCc1cc(Cl)cc(C#N)c1. The fourth-order valence-electron chi connectivity index (χ4n) is 6.75. The average Bonchev–Trinajstić information content (AvgIpc) is 3.71. The molecule has 306 valence electrons. The second-order valence-electron chi connectivity index (χ2n) is 14.7. The maximum atomic E-state index is 13.1. The molecule has 3 heterocycles. The molecule has 2 aromatic heterocycles. The van der Waals surface area contributed by atoms with Crippen molar-refractivity contribution >= 4 is 30.8 Å². The zero-order valence-electron chi connectivity index (χ0n) is 32.2. The fourth-order valence-corrected chi connectivity index (χ4v) is 7.85. The van der Waals surface area contributed by atoms with Crippen molar-refractivity contribution in [3.63, 3.8) is 0 Å². The normalized spacial score (nSPS) is 21.5. The Hall–Kier alpha value is -2.67. The molecule has 5 N–H and O–H groups in total. The highest BCUT2D eigenvalue weighted by molar-refractivity contribution is 7.47. The van der Waals surface area contributed by atoms with Gasteiger partial charge in [-0.2, -0.15) is 10.4 Å². The van der Waals surface area contributed by atoms with Crippen LogP contribution in [0.1, 0.15) is 121 Å².